The van der Waals surface area contributed by atoms with E-state index in [1.54, 1.807) is 0 Å². The van der Waals surface area contributed by atoms with E-state index < -0.39 is 0 Å². The normalized spacial score (nSPS) is 12.7. The molecule has 0 saturated heterocycles. The summed E-state index contributed by atoms with van der Waals surface area (Å²) in [5.41, 5.74) is 5.93. The van der Waals surface area contributed by atoms with Crippen molar-refractivity contribution in [1.29, 1.82) is 0 Å². The summed E-state index contributed by atoms with van der Waals surface area (Å²) < 4.78 is 5.93. The van der Waals surface area contributed by atoms with Crippen LogP contribution in [-0.2, 0) is 0 Å². The molecule has 1 N–H and O–H groups in total. The summed E-state index contributed by atoms with van der Waals surface area (Å²) in [4.78, 5) is 4.73. The van der Waals surface area contributed by atoms with Crippen LogP contribution in [-0.4, -0.2) is 15.9 Å². The van der Waals surface area contributed by atoms with Crippen LogP contribution < -0.4 is 4.74 Å². The first-order valence-corrected chi connectivity index (χ1v) is 7.20. The number of nitrogens with one attached hydrogen (secondary N) is 1. The van der Waals surface area contributed by atoms with E-state index in [9.17, 15) is 0 Å². The molecule has 4 rings (SSSR count). The van der Waals surface area contributed by atoms with Gasteiger partial charge in [0.2, 0.25) is 5.88 Å². The first-order chi connectivity index (χ1) is 10.7. The monoisotopic (exact) mass is 289 g/mol. The minimum Gasteiger partial charge on any atom is -0.435 e. The number of hydrogen-bond acceptors (Lipinski definition) is 3. The van der Waals surface area contributed by atoms with Crippen LogP contribution in [0.2, 0.25) is 0 Å². The van der Waals surface area contributed by atoms with Gasteiger partial charge >= 0.3 is 0 Å². The van der Waals surface area contributed by atoms with Gasteiger partial charge in [0.05, 0.1) is 11.3 Å². The van der Waals surface area contributed by atoms with E-state index in [-0.39, 0.29) is 0 Å². The fraction of sp³-hybridized carbons (Fsp3) is 0.111. The predicted octanol–water partition coefficient (Wildman–Crippen LogP) is 4.63. The minimum absolute atomic E-state index is 0.588. The highest BCUT2D eigenvalue weighted by molar-refractivity contribution is 6.04. The fourth-order valence-electron chi connectivity index (χ4n) is 2.75. The van der Waals surface area contributed by atoms with Crippen molar-refractivity contribution in [2.45, 2.75) is 13.8 Å². The Morgan fingerprint density at radius 1 is 0.955 bits per heavy atom. The number of aromatic nitrogens is 2. The Bertz CT molecular complexity index is 879. The summed E-state index contributed by atoms with van der Waals surface area (Å²) in [7, 11) is 0. The van der Waals surface area contributed by atoms with Gasteiger partial charge in [-0.05, 0) is 37.1 Å². The molecule has 108 valence electrons. The molecule has 0 aliphatic carbocycles. The number of rotatable bonds is 1. The second-order valence-corrected chi connectivity index (χ2v) is 5.38. The van der Waals surface area contributed by atoms with Gasteiger partial charge in [0, 0.05) is 5.69 Å². The smallest absolute Gasteiger partial charge is 0.247 e. The van der Waals surface area contributed by atoms with Gasteiger partial charge in [0.15, 0.2) is 5.75 Å². The lowest BCUT2D eigenvalue weighted by molar-refractivity contribution is 0.463. The first-order valence-electron chi connectivity index (χ1n) is 7.20. The van der Waals surface area contributed by atoms with E-state index in [1.165, 1.54) is 0 Å². The fourth-order valence-corrected chi connectivity index (χ4v) is 2.75. The van der Waals surface area contributed by atoms with E-state index in [4.69, 9.17) is 9.73 Å². The van der Waals surface area contributed by atoms with Crippen LogP contribution in [0.5, 0.6) is 11.6 Å². The summed E-state index contributed by atoms with van der Waals surface area (Å²) in [6, 6.07) is 16.3. The van der Waals surface area contributed by atoms with Gasteiger partial charge in [-0.2, -0.15) is 0 Å². The van der Waals surface area contributed by atoms with Crippen LogP contribution in [0.1, 0.15) is 18.2 Å². The molecule has 4 heteroatoms. The summed E-state index contributed by atoms with van der Waals surface area (Å²) in [5.74, 6) is 1.31. The number of benzene rings is 2. The van der Waals surface area contributed by atoms with E-state index in [0.717, 1.165) is 39.5 Å². The largest absolute Gasteiger partial charge is 0.435 e. The average Bonchev–Trinajstić information content (AvgIpc) is 2.83. The lowest BCUT2D eigenvalue weighted by Gasteiger charge is -2.07. The number of fused-ring (bicyclic) bond motifs is 2. The third kappa shape index (κ3) is 2.00. The summed E-state index contributed by atoms with van der Waals surface area (Å²) in [6.07, 6.45) is 0. The SMILES string of the molecule is CC1=Nc2cc(-c3ccccc3)ccc2Oc2n[nH]c(C)c21. The highest BCUT2D eigenvalue weighted by Gasteiger charge is 2.20. The molecule has 0 amide bonds. The van der Waals surface area contributed by atoms with E-state index in [1.807, 2.05) is 44.2 Å². The van der Waals surface area contributed by atoms with Gasteiger partial charge in [-0.3, -0.25) is 5.10 Å². The molecule has 22 heavy (non-hydrogen) atoms. The molecular formula is C18H15N3O. The van der Waals surface area contributed by atoms with Gasteiger partial charge in [-0.25, -0.2) is 4.99 Å². The van der Waals surface area contributed by atoms with Gasteiger partial charge < -0.3 is 4.74 Å². The lowest BCUT2D eigenvalue weighted by atomic mass is 10.0. The molecule has 0 saturated carbocycles. The molecule has 0 bridgehead atoms. The molecule has 0 radical (unpaired) electrons. The predicted molar refractivity (Wildman–Crippen MR) is 87.1 cm³/mol. The lowest BCUT2D eigenvalue weighted by Crippen LogP contribution is -1.95. The molecule has 2 heterocycles. The molecule has 0 fully saturated rings. The molecule has 2 aromatic carbocycles. The topological polar surface area (TPSA) is 50.3 Å². The van der Waals surface area contributed by atoms with Crippen LogP contribution in [0.3, 0.4) is 0 Å². The zero-order valence-electron chi connectivity index (χ0n) is 12.4. The Labute approximate surface area is 128 Å². The quantitative estimate of drug-likeness (QED) is 0.710. The zero-order chi connectivity index (χ0) is 15.1. The number of aliphatic imine (C=N–C) groups is 1. The average molecular weight is 289 g/mol. The molecule has 0 atom stereocenters. The van der Waals surface area contributed by atoms with Crippen LogP contribution in [0.15, 0.2) is 53.5 Å². The number of aryl methyl sites for hydroxylation is 1. The Morgan fingerprint density at radius 2 is 1.77 bits per heavy atom. The standard InChI is InChI=1S/C18H15N3O/c1-11-17-12(2)20-21-18(17)22-16-9-8-14(10-15(16)19-11)13-6-4-3-5-7-13/h3-10H,1-2H3,(H,20,21). The van der Waals surface area contributed by atoms with Crippen molar-refractivity contribution in [1.82, 2.24) is 10.2 Å². The maximum Gasteiger partial charge on any atom is 0.247 e. The third-order valence-electron chi connectivity index (χ3n) is 3.84. The number of ether oxygens (including phenoxy) is 1. The number of nitrogens with zero attached hydrogens (tertiary/aromatic N) is 2. The van der Waals surface area contributed by atoms with Gasteiger partial charge in [-0.1, -0.05) is 36.4 Å². The Balaban J connectivity index is 1.85. The molecule has 4 nitrogen and oxygen atoms in total. The van der Waals surface area contributed by atoms with Crippen molar-refractivity contribution in [2.75, 3.05) is 0 Å². The summed E-state index contributed by atoms with van der Waals surface area (Å²) in [5, 5.41) is 7.17. The van der Waals surface area contributed by atoms with Crippen LogP contribution in [0.4, 0.5) is 5.69 Å². The summed E-state index contributed by atoms with van der Waals surface area (Å²) >= 11 is 0. The number of aromatic amines is 1. The van der Waals surface area contributed by atoms with E-state index in [0.29, 0.717) is 5.88 Å². The van der Waals surface area contributed by atoms with Crippen LogP contribution in [0.25, 0.3) is 11.1 Å². The van der Waals surface area contributed by atoms with Crippen molar-refractivity contribution in [3.8, 4) is 22.8 Å². The van der Waals surface area contributed by atoms with Gasteiger partial charge in [0.1, 0.15) is 5.69 Å². The van der Waals surface area contributed by atoms with Crippen molar-refractivity contribution in [3.05, 3.63) is 59.8 Å². The molecular weight excluding hydrogens is 274 g/mol. The van der Waals surface area contributed by atoms with Crippen molar-refractivity contribution >= 4 is 11.4 Å². The number of hydrogen-bond donors (Lipinski definition) is 1. The zero-order valence-corrected chi connectivity index (χ0v) is 12.4. The van der Waals surface area contributed by atoms with E-state index >= 15 is 0 Å². The summed E-state index contributed by atoms with van der Waals surface area (Å²) in [6.45, 7) is 3.95. The maximum absolute atomic E-state index is 5.93. The van der Waals surface area contributed by atoms with Crippen LogP contribution >= 0.6 is 0 Å². The first kappa shape index (κ1) is 12.8. The molecule has 1 aliphatic heterocycles. The molecule has 1 aliphatic rings. The molecule has 0 unspecified atom stereocenters. The second-order valence-electron chi connectivity index (χ2n) is 5.38. The van der Waals surface area contributed by atoms with Crippen molar-refractivity contribution in [3.63, 3.8) is 0 Å². The van der Waals surface area contributed by atoms with Crippen molar-refractivity contribution < 1.29 is 4.74 Å². The minimum atomic E-state index is 0.588. The van der Waals surface area contributed by atoms with Gasteiger partial charge in [-0.15, -0.1) is 5.10 Å². The molecule has 1 aromatic heterocycles. The number of H-pyrrole nitrogens is 1. The Kier molecular flexibility index (Phi) is 2.82. The third-order valence-corrected chi connectivity index (χ3v) is 3.84. The maximum atomic E-state index is 5.93. The highest BCUT2D eigenvalue weighted by atomic mass is 16.5. The molecule has 3 aromatic rings. The molecule has 0 spiro atoms. The Hall–Kier alpha value is -2.88. The van der Waals surface area contributed by atoms with E-state index in [2.05, 4.69) is 28.4 Å². The van der Waals surface area contributed by atoms with Crippen molar-refractivity contribution in [2.24, 2.45) is 4.99 Å². The van der Waals surface area contributed by atoms with Crippen LogP contribution in [0, 0.1) is 6.92 Å². The van der Waals surface area contributed by atoms with Gasteiger partial charge in [0.25, 0.3) is 0 Å². The second kappa shape index (κ2) is 4.84. The highest BCUT2D eigenvalue weighted by Crippen LogP contribution is 2.39. The Morgan fingerprint density at radius 3 is 2.59 bits per heavy atom.